The molecular formula is C18H29N5OS. The first kappa shape index (κ1) is 22.6. The normalized spacial score (nSPS) is 9.52. The van der Waals surface area contributed by atoms with Gasteiger partial charge in [0.1, 0.15) is 5.75 Å². The van der Waals surface area contributed by atoms with Crippen LogP contribution in [0.2, 0.25) is 0 Å². The highest BCUT2D eigenvalue weighted by Crippen LogP contribution is 2.23. The molecule has 6 nitrogen and oxygen atoms in total. The highest BCUT2D eigenvalue weighted by Gasteiger charge is 2.01. The number of thiazole rings is 1. The van der Waals surface area contributed by atoms with Gasteiger partial charge in [-0.25, -0.2) is 4.98 Å². The smallest absolute Gasteiger partial charge is 0.126 e. The Hall–Kier alpha value is -2.38. The molecule has 0 saturated heterocycles. The van der Waals surface area contributed by atoms with Crippen molar-refractivity contribution in [2.24, 2.45) is 11.6 Å². The summed E-state index contributed by atoms with van der Waals surface area (Å²) in [6.07, 6.45) is 4.91. The maximum absolute atomic E-state index is 6.28. The van der Waals surface area contributed by atoms with Crippen LogP contribution in [-0.2, 0) is 6.42 Å². The zero-order valence-corrected chi connectivity index (χ0v) is 16.4. The van der Waals surface area contributed by atoms with Crippen LogP contribution in [-0.4, -0.2) is 17.9 Å². The third-order valence-electron chi connectivity index (χ3n) is 2.69. The fraction of sp³-hybridized carbons (Fsp3) is 0.333. The van der Waals surface area contributed by atoms with Crippen LogP contribution in [0.4, 0.5) is 5.69 Å². The lowest BCUT2D eigenvalue weighted by molar-refractivity contribution is 0.414. The molecular weight excluding hydrogens is 334 g/mol. The Bertz CT molecular complexity index is 663. The molecule has 6 N–H and O–H groups in total. The zero-order chi connectivity index (χ0) is 19.2. The summed E-state index contributed by atoms with van der Waals surface area (Å²) in [6, 6.07) is 5.71. The number of nitrogens with zero attached hydrogens (tertiary/aromatic N) is 1. The average molecular weight is 364 g/mol. The SMILES string of the molecule is CC.CC(=N)N.COc1ccc(NN)cc1/C=C/Cc1csc(C)n1. The summed E-state index contributed by atoms with van der Waals surface area (Å²) in [6.45, 7) is 7.54. The summed E-state index contributed by atoms with van der Waals surface area (Å²) in [5, 5.41) is 9.45. The van der Waals surface area contributed by atoms with Gasteiger partial charge in [-0.1, -0.05) is 26.0 Å². The van der Waals surface area contributed by atoms with Crippen LogP contribution in [0.3, 0.4) is 0 Å². The Balaban J connectivity index is 0.000000845. The van der Waals surface area contributed by atoms with Crippen molar-refractivity contribution in [2.75, 3.05) is 12.5 Å². The van der Waals surface area contributed by atoms with E-state index < -0.39 is 0 Å². The molecule has 0 amide bonds. The summed E-state index contributed by atoms with van der Waals surface area (Å²) in [5.41, 5.74) is 10.3. The summed E-state index contributed by atoms with van der Waals surface area (Å²) in [4.78, 5) is 4.42. The molecule has 0 saturated carbocycles. The highest BCUT2D eigenvalue weighted by atomic mass is 32.1. The Kier molecular flexibility index (Phi) is 11.7. The van der Waals surface area contributed by atoms with Gasteiger partial charge in [0.25, 0.3) is 0 Å². The van der Waals surface area contributed by atoms with Gasteiger partial charge in [0, 0.05) is 23.1 Å². The van der Waals surface area contributed by atoms with Crippen LogP contribution in [0.25, 0.3) is 6.08 Å². The molecule has 0 fully saturated rings. The second kappa shape index (κ2) is 13.0. The van der Waals surface area contributed by atoms with Crippen LogP contribution in [0.5, 0.6) is 5.75 Å². The summed E-state index contributed by atoms with van der Waals surface area (Å²) in [7, 11) is 1.66. The number of aromatic nitrogens is 1. The molecule has 0 spiro atoms. The van der Waals surface area contributed by atoms with Crippen LogP contribution in [0, 0.1) is 12.3 Å². The average Bonchev–Trinajstić information content (AvgIpc) is 3.01. The first-order valence-electron chi connectivity index (χ1n) is 7.99. The van der Waals surface area contributed by atoms with Crippen molar-refractivity contribution in [3.05, 3.63) is 45.9 Å². The van der Waals surface area contributed by atoms with Gasteiger partial charge in [0.15, 0.2) is 0 Å². The van der Waals surface area contributed by atoms with Crippen molar-refractivity contribution >= 4 is 28.9 Å². The number of nitrogens with one attached hydrogen (secondary N) is 2. The van der Waals surface area contributed by atoms with E-state index >= 15 is 0 Å². The fourth-order valence-corrected chi connectivity index (χ4v) is 2.39. The quantitative estimate of drug-likeness (QED) is 0.278. The van der Waals surface area contributed by atoms with Crippen LogP contribution in [0.15, 0.2) is 29.7 Å². The number of hydrogen-bond acceptors (Lipinski definition) is 6. The van der Waals surface area contributed by atoms with Crippen molar-refractivity contribution in [1.29, 1.82) is 5.41 Å². The van der Waals surface area contributed by atoms with Gasteiger partial charge in [-0.05, 0) is 32.0 Å². The van der Waals surface area contributed by atoms with Gasteiger partial charge in [-0.2, -0.15) is 0 Å². The molecule has 1 heterocycles. The Morgan fingerprint density at radius 1 is 1.40 bits per heavy atom. The number of rotatable bonds is 5. The van der Waals surface area contributed by atoms with E-state index in [1.807, 2.05) is 45.0 Å². The number of nitrogen functional groups attached to an aromatic ring is 1. The van der Waals surface area contributed by atoms with Crippen molar-refractivity contribution < 1.29 is 4.74 Å². The molecule has 2 aromatic rings. The number of anilines is 1. The van der Waals surface area contributed by atoms with E-state index in [9.17, 15) is 0 Å². The monoisotopic (exact) mass is 363 g/mol. The van der Waals surface area contributed by atoms with Crippen LogP contribution >= 0.6 is 11.3 Å². The van der Waals surface area contributed by atoms with E-state index in [2.05, 4.69) is 21.9 Å². The molecule has 0 radical (unpaired) electrons. The van der Waals surface area contributed by atoms with E-state index in [0.29, 0.717) is 0 Å². The minimum absolute atomic E-state index is 0.167. The highest BCUT2D eigenvalue weighted by molar-refractivity contribution is 7.09. The van der Waals surface area contributed by atoms with Gasteiger partial charge in [-0.3, -0.25) is 11.3 Å². The number of benzene rings is 1. The summed E-state index contributed by atoms with van der Waals surface area (Å²) in [5.74, 6) is 6.40. The number of ether oxygens (including phenoxy) is 1. The Labute approximate surface area is 154 Å². The largest absolute Gasteiger partial charge is 0.496 e. The topological polar surface area (TPSA) is 110 Å². The zero-order valence-electron chi connectivity index (χ0n) is 15.6. The van der Waals surface area contributed by atoms with Crippen molar-refractivity contribution in [3.63, 3.8) is 0 Å². The van der Waals surface area contributed by atoms with Crippen molar-refractivity contribution in [2.45, 2.75) is 34.1 Å². The molecule has 0 aliphatic carbocycles. The number of amidine groups is 1. The van der Waals surface area contributed by atoms with Gasteiger partial charge in [0.2, 0.25) is 0 Å². The lowest BCUT2D eigenvalue weighted by Crippen LogP contribution is -2.06. The predicted octanol–water partition coefficient (Wildman–Crippen LogP) is 3.97. The Morgan fingerprint density at radius 2 is 2.04 bits per heavy atom. The van der Waals surface area contributed by atoms with E-state index in [0.717, 1.165) is 34.1 Å². The maximum Gasteiger partial charge on any atom is 0.126 e. The van der Waals surface area contributed by atoms with E-state index in [-0.39, 0.29) is 5.84 Å². The van der Waals surface area contributed by atoms with Crippen LogP contribution in [0.1, 0.15) is 37.0 Å². The molecule has 25 heavy (non-hydrogen) atoms. The molecule has 2 rings (SSSR count). The van der Waals surface area contributed by atoms with Crippen molar-refractivity contribution in [3.8, 4) is 5.75 Å². The summed E-state index contributed by atoms with van der Waals surface area (Å²) < 4.78 is 5.32. The minimum Gasteiger partial charge on any atom is -0.496 e. The minimum atomic E-state index is 0.167. The van der Waals surface area contributed by atoms with E-state index in [4.69, 9.17) is 21.7 Å². The Morgan fingerprint density at radius 3 is 2.52 bits per heavy atom. The number of methoxy groups -OCH3 is 1. The molecule has 1 aromatic carbocycles. The fourth-order valence-electron chi connectivity index (χ4n) is 1.76. The number of aryl methyl sites for hydroxylation is 1. The van der Waals surface area contributed by atoms with E-state index in [1.165, 1.54) is 6.92 Å². The second-order valence-electron chi connectivity index (χ2n) is 4.75. The standard InChI is InChI=1S/C14H17N3OS.C2H6N2.C2H6/c1-10-16-13(9-19-10)5-3-4-11-8-12(17-15)6-7-14(11)18-2;1-2(3)4;1-2/h3-4,6-9,17H,5,15H2,1-2H3;1H3,(H3,3,4);1-2H3/b4-3+;;. The van der Waals surface area contributed by atoms with Gasteiger partial charge < -0.3 is 15.9 Å². The van der Waals surface area contributed by atoms with Gasteiger partial charge >= 0.3 is 0 Å². The molecule has 138 valence electrons. The number of allylic oxidation sites excluding steroid dienone is 1. The molecule has 0 unspecified atom stereocenters. The molecule has 0 bridgehead atoms. The molecule has 7 heteroatoms. The molecule has 1 aromatic heterocycles. The molecule has 0 atom stereocenters. The first-order valence-corrected chi connectivity index (χ1v) is 8.87. The van der Waals surface area contributed by atoms with Gasteiger partial charge in [0.05, 0.1) is 23.6 Å². The third kappa shape index (κ3) is 9.49. The number of hydrogen-bond donors (Lipinski definition) is 4. The molecule has 0 aliphatic rings. The second-order valence-corrected chi connectivity index (χ2v) is 5.81. The first-order chi connectivity index (χ1) is 12.0. The third-order valence-corrected chi connectivity index (χ3v) is 3.51. The maximum atomic E-state index is 6.28. The van der Waals surface area contributed by atoms with Crippen LogP contribution < -0.4 is 21.7 Å². The predicted molar refractivity (Wildman–Crippen MR) is 109 cm³/mol. The number of nitrogens with two attached hydrogens (primary N) is 2. The molecule has 0 aliphatic heterocycles. The van der Waals surface area contributed by atoms with Gasteiger partial charge in [-0.15, -0.1) is 11.3 Å². The summed E-state index contributed by atoms with van der Waals surface area (Å²) >= 11 is 1.67. The lowest BCUT2D eigenvalue weighted by atomic mass is 10.1. The van der Waals surface area contributed by atoms with E-state index in [1.54, 1.807) is 18.4 Å². The lowest BCUT2D eigenvalue weighted by Gasteiger charge is -2.07. The number of hydrazine groups is 1. The van der Waals surface area contributed by atoms with Crippen molar-refractivity contribution in [1.82, 2.24) is 4.98 Å².